The highest BCUT2D eigenvalue weighted by Gasteiger charge is 2.24. The maximum Gasteiger partial charge on any atom is 0.235 e. The van der Waals surface area contributed by atoms with E-state index in [1.54, 1.807) is 0 Å². The molecule has 1 atom stereocenters. The Labute approximate surface area is 74.1 Å². The molecule has 0 spiro atoms. The van der Waals surface area contributed by atoms with Gasteiger partial charge in [0.1, 0.15) is 0 Å². The van der Waals surface area contributed by atoms with E-state index in [-0.39, 0.29) is 0 Å². The average Bonchev–Trinajstić information content (AvgIpc) is 2.05. The van der Waals surface area contributed by atoms with E-state index < -0.39 is 10.0 Å². The number of hydrogen-bond donors (Lipinski definition) is 0. The molecule has 1 fully saturated rings. The van der Waals surface area contributed by atoms with Crippen molar-refractivity contribution in [2.75, 3.05) is 13.1 Å². The Kier molecular flexibility index (Phi) is 2.90. The molecule has 1 aliphatic rings. The van der Waals surface area contributed by atoms with E-state index in [1.165, 1.54) is 4.31 Å². The first-order valence-corrected chi connectivity index (χ1v) is 5.69. The SMILES string of the molecule is C=CS(=O)(=O)N1CCCC(C)C1. The summed E-state index contributed by atoms with van der Waals surface area (Å²) in [6.45, 7) is 6.68. The highest BCUT2D eigenvalue weighted by atomic mass is 32.2. The van der Waals surface area contributed by atoms with Gasteiger partial charge in [-0.25, -0.2) is 8.42 Å². The monoisotopic (exact) mass is 189 g/mol. The molecule has 1 aliphatic heterocycles. The van der Waals surface area contributed by atoms with Gasteiger partial charge in [0.25, 0.3) is 0 Å². The Bertz CT molecular complexity index is 258. The molecule has 1 heterocycles. The highest BCUT2D eigenvalue weighted by molar-refractivity contribution is 7.92. The average molecular weight is 189 g/mol. The van der Waals surface area contributed by atoms with Gasteiger partial charge in [-0.3, -0.25) is 0 Å². The van der Waals surface area contributed by atoms with Gasteiger partial charge in [-0.15, -0.1) is 0 Å². The zero-order chi connectivity index (χ0) is 9.19. The lowest BCUT2D eigenvalue weighted by atomic mass is 10.0. The quantitative estimate of drug-likeness (QED) is 0.654. The molecule has 0 N–H and O–H groups in total. The van der Waals surface area contributed by atoms with Crippen LogP contribution in [0.2, 0.25) is 0 Å². The summed E-state index contributed by atoms with van der Waals surface area (Å²) >= 11 is 0. The lowest BCUT2D eigenvalue weighted by Crippen LogP contribution is -2.37. The molecule has 0 saturated carbocycles. The number of piperidine rings is 1. The predicted octanol–water partition coefficient (Wildman–Crippen LogP) is 1.19. The summed E-state index contributed by atoms with van der Waals surface area (Å²) in [6.07, 6.45) is 2.09. The molecule has 0 radical (unpaired) electrons. The summed E-state index contributed by atoms with van der Waals surface area (Å²) < 4.78 is 24.1. The van der Waals surface area contributed by atoms with Crippen LogP contribution in [0, 0.1) is 5.92 Å². The molecule has 0 aromatic heterocycles. The van der Waals surface area contributed by atoms with Gasteiger partial charge >= 0.3 is 0 Å². The van der Waals surface area contributed by atoms with E-state index in [2.05, 4.69) is 13.5 Å². The van der Waals surface area contributed by atoms with Gasteiger partial charge in [-0.1, -0.05) is 13.5 Å². The van der Waals surface area contributed by atoms with Crippen molar-refractivity contribution >= 4 is 10.0 Å². The summed E-state index contributed by atoms with van der Waals surface area (Å²) in [5.74, 6) is 0.480. The third-order valence-electron chi connectivity index (χ3n) is 2.19. The largest absolute Gasteiger partial charge is 0.235 e. The molecule has 0 aliphatic carbocycles. The number of sulfonamides is 1. The minimum Gasteiger partial charge on any atom is -0.208 e. The van der Waals surface area contributed by atoms with Crippen molar-refractivity contribution in [1.29, 1.82) is 0 Å². The molecular weight excluding hydrogens is 174 g/mol. The molecule has 0 aromatic rings. The maximum atomic E-state index is 11.3. The Hall–Kier alpha value is -0.350. The van der Waals surface area contributed by atoms with E-state index in [0.29, 0.717) is 19.0 Å². The molecule has 0 aromatic carbocycles. The fourth-order valence-corrected chi connectivity index (χ4v) is 2.54. The maximum absolute atomic E-state index is 11.3. The normalized spacial score (nSPS) is 26.9. The standard InChI is InChI=1S/C8H15NO2S/c1-3-12(10,11)9-6-4-5-8(2)7-9/h3,8H,1,4-7H2,2H3. The van der Waals surface area contributed by atoms with Crippen LogP contribution in [-0.2, 0) is 10.0 Å². The van der Waals surface area contributed by atoms with Crippen molar-refractivity contribution < 1.29 is 8.42 Å². The molecule has 1 rings (SSSR count). The summed E-state index contributed by atoms with van der Waals surface area (Å²) in [5.41, 5.74) is 0. The summed E-state index contributed by atoms with van der Waals surface area (Å²) in [6, 6.07) is 0. The lowest BCUT2D eigenvalue weighted by molar-refractivity contribution is 0.284. The third-order valence-corrected chi connectivity index (χ3v) is 3.66. The van der Waals surface area contributed by atoms with E-state index in [0.717, 1.165) is 18.2 Å². The van der Waals surface area contributed by atoms with Crippen LogP contribution >= 0.6 is 0 Å². The molecule has 0 amide bonds. The Morgan fingerprint density at radius 3 is 2.75 bits per heavy atom. The minimum atomic E-state index is -3.16. The first-order valence-electron chi connectivity index (χ1n) is 4.19. The van der Waals surface area contributed by atoms with Crippen LogP contribution in [0.3, 0.4) is 0 Å². The van der Waals surface area contributed by atoms with Gasteiger partial charge in [0.2, 0.25) is 10.0 Å². The van der Waals surface area contributed by atoms with Gasteiger partial charge in [0, 0.05) is 18.5 Å². The first-order chi connectivity index (χ1) is 5.56. The second-order valence-electron chi connectivity index (χ2n) is 3.32. The molecule has 3 nitrogen and oxygen atoms in total. The lowest BCUT2D eigenvalue weighted by Gasteiger charge is -2.28. The van der Waals surface area contributed by atoms with Crippen molar-refractivity contribution in [2.24, 2.45) is 5.92 Å². The van der Waals surface area contributed by atoms with Crippen LogP contribution in [0.4, 0.5) is 0 Å². The van der Waals surface area contributed by atoms with Crippen molar-refractivity contribution in [3.8, 4) is 0 Å². The minimum absolute atomic E-state index is 0.480. The van der Waals surface area contributed by atoms with Gasteiger partial charge in [-0.2, -0.15) is 4.31 Å². The molecule has 4 heteroatoms. The van der Waals surface area contributed by atoms with Crippen molar-refractivity contribution in [3.63, 3.8) is 0 Å². The molecular formula is C8H15NO2S. The highest BCUT2D eigenvalue weighted by Crippen LogP contribution is 2.18. The first kappa shape index (κ1) is 9.74. The van der Waals surface area contributed by atoms with E-state index >= 15 is 0 Å². The van der Waals surface area contributed by atoms with E-state index in [9.17, 15) is 8.42 Å². The molecule has 1 unspecified atom stereocenters. The van der Waals surface area contributed by atoms with Crippen LogP contribution in [0.15, 0.2) is 12.0 Å². The summed E-state index contributed by atoms with van der Waals surface area (Å²) in [5, 5.41) is 1.03. The smallest absolute Gasteiger partial charge is 0.208 e. The van der Waals surface area contributed by atoms with Gasteiger partial charge in [-0.05, 0) is 18.8 Å². The fourth-order valence-electron chi connectivity index (χ4n) is 1.48. The molecule has 0 bridgehead atoms. The molecule has 70 valence electrons. The number of rotatable bonds is 2. The van der Waals surface area contributed by atoms with Crippen molar-refractivity contribution in [2.45, 2.75) is 19.8 Å². The number of nitrogens with zero attached hydrogens (tertiary/aromatic N) is 1. The van der Waals surface area contributed by atoms with Crippen molar-refractivity contribution in [1.82, 2.24) is 4.31 Å². The third kappa shape index (κ3) is 2.08. The molecule has 1 saturated heterocycles. The Balaban J connectivity index is 2.69. The zero-order valence-corrected chi connectivity index (χ0v) is 8.18. The second kappa shape index (κ2) is 3.58. The van der Waals surface area contributed by atoms with Gasteiger partial charge in [0.15, 0.2) is 0 Å². The van der Waals surface area contributed by atoms with Gasteiger partial charge in [0.05, 0.1) is 0 Å². The van der Waals surface area contributed by atoms with Gasteiger partial charge < -0.3 is 0 Å². The van der Waals surface area contributed by atoms with Crippen molar-refractivity contribution in [3.05, 3.63) is 12.0 Å². The van der Waals surface area contributed by atoms with Crippen LogP contribution in [0.25, 0.3) is 0 Å². The predicted molar refractivity (Wildman–Crippen MR) is 49.1 cm³/mol. The summed E-state index contributed by atoms with van der Waals surface area (Å²) in [7, 11) is -3.16. The molecule has 12 heavy (non-hydrogen) atoms. The summed E-state index contributed by atoms with van der Waals surface area (Å²) in [4.78, 5) is 0. The van der Waals surface area contributed by atoms with Crippen LogP contribution < -0.4 is 0 Å². The number of hydrogen-bond acceptors (Lipinski definition) is 2. The fraction of sp³-hybridized carbons (Fsp3) is 0.750. The Morgan fingerprint density at radius 1 is 1.58 bits per heavy atom. The topological polar surface area (TPSA) is 37.4 Å². The second-order valence-corrected chi connectivity index (χ2v) is 5.20. The van der Waals surface area contributed by atoms with Crippen LogP contribution in [-0.4, -0.2) is 25.8 Å². The van der Waals surface area contributed by atoms with Crippen LogP contribution in [0.5, 0.6) is 0 Å². The van der Waals surface area contributed by atoms with E-state index in [1.807, 2.05) is 0 Å². The Morgan fingerprint density at radius 2 is 2.25 bits per heavy atom. The zero-order valence-electron chi connectivity index (χ0n) is 7.36. The van der Waals surface area contributed by atoms with E-state index in [4.69, 9.17) is 0 Å². The van der Waals surface area contributed by atoms with Crippen LogP contribution in [0.1, 0.15) is 19.8 Å².